The van der Waals surface area contributed by atoms with Crippen LogP contribution in [-0.2, 0) is 24.4 Å². The molecule has 5 atom stereocenters. The number of fused-ring (bicyclic) bond motifs is 1. The van der Waals surface area contributed by atoms with Crippen LogP contribution in [0.3, 0.4) is 0 Å². The first-order valence-electron chi connectivity index (χ1n) is 17.8. The standard InChI is InChI=1S/C38H45N5O7S/c1-4-26-22-38(26,37(46)41-51(47,48)29-14-15-29)40-35(44)33-20-28(23-43(33)36(45)24(2)42-17-9-6-10-18-42)50-34-21-31(25-11-7-5-8-12-25)39-32-19-27(49-3)13-16-30(32)34/h4-5,7-8,11-13,16,19,21,24,26,28-29,33H,1,6,9-10,14-15,17-18,20,22-23H2,2-3H3,(H,40,44)(H,41,46)/t24?,26?,28-,33+,38?/m1/s1. The fraction of sp³-hybridized carbons (Fsp3) is 0.474. The molecule has 12 nitrogen and oxygen atoms in total. The van der Waals surface area contributed by atoms with Gasteiger partial charge in [-0.05, 0) is 64.3 Å². The summed E-state index contributed by atoms with van der Waals surface area (Å²) >= 11 is 0. The first-order valence-corrected chi connectivity index (χ1v) is 19.3. The number of nitrogens with one attached hydrogen (secondary N) is 2. The predicted molar refractivity (Wildman–Crippen MR) is 192 cm³/mol. The maximum absolute atomic E-state index is 14.3. The molecule has 4 fully saturated rings. The van der Waals surface area contributed by atoms with Crippen LogP contribution in [0, 0.1) is 5.92 Å². The van der Waals surface area contributed by atoms with E-state index in [1.54, 1.807) is 18.1 Å². The first kappa shape index (κ1) is 34.9. The third-order valence-electron chi connectivity index (χ3n) is 10.7. The van der Waals surface area contributed by atoms with Gasteiger partial charge < -0.3 is 19.7 Å². The zero-order valence-electron chi connectivity index (χ0n) is 29.0. The van der Waals surface area contributed by atoms with Gasteiger partial charge in [0.25, 0.3) is 5.91 Å². The van der Waals surface area contributed by atoms with Crippen LogP contribution in [0.25, 0.3) is 22.2 Å². The van der Waals surface area contributed by atoms with Crippen molar-refractivity contribution < 1.29 is 32.3 Å². The molecule has 3 unspecified atom stereocenters. The summed E-state index contributed by atoms with van der Waals surface area (Å²) in [5.41, 5.74) is 0.806. The molecule has 1 aromatic heterocycles. The molecule has 2 aliphatic carbocycles. The highest BCUT2D eigenvalue weighted by atomic mass is 32.2. The van der Waals surface area contributed by atoms with E-state index in [-0.39, 0.29) is 25.3 Å². The van der Waals surface area contributed by atoms with E-state index in [9.17, 15) is 22.8 Å². The number of sulfonamides is 1. The Morgan fingerprint density at radius 3 is 2.47 bits per heavy atom. The van der Waals surface area contributed by atoms with Gasteiger partial charge in [0, 0.05) is 35.4 Å². The zero-order valence-corrected chi connectivity index (χ0v) is 29.9. The summed E-state index contributed by atoms with van der Waals surface area (Å²) < 4.78 is 39.8. The minimum absolute atomic E-state index is 0.149. The second-order valence-corrected chi connectivity index (χ2v) is 16.2. The molecule has 7 rings (SSSR count). The molecule has 2 saturated heterocycles. The maximum atomic E-state index is 14.3. The second kappa shape index (κ2) is 13.9. The highest BCUT2D eigenvalue weighted by Gasteiger charge is 2.62. The number of pyridine rings is 1. The number of amides is 3. The fourth-order valence-electron chi connectivity index (χ4n) is 7.43. The Hall–Kier alpha value is -4.49. The molecule has 3 aromatic rings. The normalized spacial score (nSPS) is 25.5. The molecule has 0 bridgehead atoms. The van der Waals surface area contributed by atoms with Gasteiger partial charge in [-0.3, -0.25) is 24.0 Å². The Morgan fingerprint density at radius 1 is 1.06 bits per heavy atom. The molecule has 2 N–H and O–H groups in total. The predicted octanol–water partition coefficient (Wildman–Crippen LogP) is 3.80. The van der Waals surface area contributed by atoms with Crippen molar-refractivity contribution in [3.8, 4) is 22.8 Å². The van der Waals surface area contributed by atoms with Crippen LogP contribution in [0.5, 0.6) is 11.5 Å². The number of carbonyl (C=O) groups is 3. The molecule has 270 valence electrons. The van der Waals surface area contributed by atoms with Crippen LogP contribution in [0.1, 0.15) is 51.9 Å². The van der Waals surface area contributed by atoms with Gasteiger partial charge in [0.05, 0.1) is 36.2 Å². The van der Waals surface area contributed by atoms with E-state index in [1.165, 1.54) is 0 Å². The molecular weight excluding hydrogens is 671 g/mol. The number of likely N-dealkylation sites (tertiary alicyclic amines) is 2. The lowest BCUT2D eigenvalue weighted by atomic mass is 10.1. The van der Waals surface area contributed by atoms with Crippen molar-refractivity contribution in [2.24, 2.45) is 5.92 Å². The zero-order chi connectivity index (χ0) is 35.9. The van der Waals surface area contributed by atoms with E-state index < -0.39 is 56.7 Å². The average Bonchev–Trinajstić information content (AvgIpc) is 4.08. The number of rotatable bonds is 12. The van der Waals surface area contributed by atoms with Crippen molar-refractivity contribution in [2.45, 2.75) is 80.8 Å². The molecule has 2 saturated carbocycles. The topological polar surface area (TPSA) is 147 Å². The number of nitrogens with zero attached hydrogens (tertiary/aromatic N) is 3. The Morgan fingerprint density at radius 2 is 1.80 bits per heavy atom. The van der Waals surface area contributed by atoms with Crippen LogP contribution in [0.15, 0.2) is 67.3 Å². The third-order valence-corrected chi connectivity index (χ3v) is 12.6. The molecular formula is C38H45N5O7S. The molecule has 2 aliphatic heterocycles. The van der Waals surface area contributed by atoms with Crippen LogP contribution >= 0.6 is 0 Å². The minimum Gasteiger partial charge on any atom is -0.497 e. The third kappa shape index (κ3) is 7.05. The van der Waals surface area contributed by atoms with E-state index in [0.29, 0.717) is 35.6 Å². The Balaban J connectivity index is 1.18. The van der Waals surface area contributed by atoms with Gasteiger partial charge >= 0.3 is 0 Å². The van der Waals surface area contributed by atoms with Crippen LogP contribution < -0.4 is 19.5 Å². The Labute approximate surface area is 298 Å². The number of carbonyl (C=O) groups excluding carboxylic acids is 3. The lowest BCUT2D eigenvalue weighted by molar-refractivity contribution is -0.143. The summed E-state index contributed by atoms with van der Waals surface area (Å²) in [6, 6.07) is 15.8. The van der Waals surface area contributed by atoms with Gasteiger partial charge in [-0.25, -0.2) is 13.4 Å². The number of methoxy groups -OCH3 is 1. The van der Waals surface area contributed by atoms with Gasteiger partial charge in [-0.2, -0.15) is 0 Å². The van der Waals surface area contributed by atoms with Gasteiger partial charge in [-0.1, -0.05) is 42.8 Å². The lowest BCUT2D eigenvalue weighted by Crippen LogP contribution is -2.58. The van der Waals surface area contributed by atoms with Crippen LogP contribution in [0.4, 0.5) is 0 Å². The van der Waals surface area contributed by atoms with Crippen LogP contribution in [-0.4, -0.2) is 96.6 Å². The van der Waals surface area contributed by atoms with E-state index in [4.69, 9.17) is 14.5 Å². The quantitative estimate of drug-likeness (QED) is 0.268. The maximum Gasteiger partial charge on any atom is 0.259 e. The largest absolute Gasteiger partial charge is 0.497 e. The van der Waals surface area contributed by atoms with Gasteiger partial charge in [0.1, 0.15) is 29.2 Å². The summed E-state index contributed by atoms with van der Waals surface area (Å²) in [5.74, 6) is -0.740. The summed E-state index contributed by atoms with van der Waals surface area (Å²) in [4.78, 5) is 50.6. The summed E-state index contributed by atoms with van der Waals surface area (Å²) in [5, 5.41) is 3.03. The van der Waals surface area contributed by atoms with Crippen molar-refractivity contribution >= 4 is 38.6 Å². The fourth-order valence-corrected chi connectivity index (χ4v) is 8.80. The summed E-state index contributed by atoms with van der Waals surface area (Å²) in [6.45, 7) is 7.43. The number of ether oxygens (including phenoxy) is 2. The average molecular weight is 716 g/mol. The van der Waals surface area contributed by atoms with Crippen LogP contribution in [0.2, 0.25) is 0 Å². The number of aromatic nitrogens is 1. The minimum atomic E-state index is -3.84. The van der Waals surface area contributed by atoms with Crippen molar-refractivity contribution in [1.29, 1.82) is 0 Å². The summed E-state index contributed by atoms with van der Waals surface area (Å²) in [6.07, 6.45) is 5.48. The Kier molecular flexibility index (Phi) is 9.53. The molecule has 13 heteroatoms. The molecule has 3 amide bonds. The molecule has 4 aliphatic rings. The van der Waals surface area contributed by atoms with E-state index in [2.05, 4.69) is 21.5 Å². The number of benzene rings is 2. The summed E-state index contributed by atoms with van der Waals surface area (Å²) in [7, 11) is -2.25. The highest BCUT2D eigenvalue weighted by Crippen LogP contribution is 2.45. The van der Waals surface area contributed by atoms with Gasteiger partial charge in [-0.15, -0.1) is 6.58 Å². The monoisotopic (exact) mass is 715 g/mol. The molecule has 51 heavy (non-hydrogen) atoms. The smallest absolute Gasteiger partial charge is 0.259 e. The van der Waals surface area contributed by atoms with Crippen molar-refractivity contribution in [2.75, 3.05) is 26.7 Å². The number of piperidine rings is 1. The van der Waals surface area contributed by atoms with Crippen molar-refractivity contribution in [1.82, 2.24) is 24.8 Å². The van der Waals surface area contributed by atoms with Gasteiger partial charge in [0.15, 0.2) is 0 Å². The van der Waals surface area contributed by atoms with E-state index >= 15 is 0 Å². The second-order valence-electron chi connectivity index (χ2n) is 14.2. The lowest BCUT2D eigenvalue weighted by Gasteiger charge is -2.35. The molecule has 3 heterocycles. The molecule has 0 spiro atoms. The van der Waals surface area contributed by atoms with Crippen molar-refractivity contribution in [3.05, 3.63) is 67.3 Å². The number of hydrogen-bond donors (Lipinski definition) is 2. The highest BCUT2D eigenvalue weighted by molar-refractivity contribution is 7.91. The van der Waals surface area contributed by atoms with Crippen molar-refractivity contribution in [3.63, 3.8) is 0 Å². The first-order chi connectivity index (χ1) is 24.5. The van der Waals surface area contributed by atoms with Gasteiger partial charge in [0.2, 0.25) is 21.8 Å². The SMILES string of the molecule is C=CC1CC1(NC(=O)[C@@H]1C[C@@H](Oc2cc(-c3ccccc3)nc3cc(OC)ccc23)CN1C(=O)C(C)N1CCCCC1)C(=O)NS(=O)(=O)C1CC1. The van der Waals surface area contributed by atoms with E-state index in [1.807, 2.05) is 61.5 Å². The number of hydrogen-bond acceptors (Lipinski definition) is 9. The molecule has 2 aromatic carbocycles. The Bertz CT molecular complexity index is 1950. The molecule has 0 radical (unpaired) electrons. The van der Waals surface area contributed by atoms with E-state index in [0.717, 1.165) is 43.3 Å².